The van der Waals surface area contributed by atoms with Crippen molar-refractivity contribution in [2.24, 2.45) is 0 Å². The van der Waals surface area contributed by atoms with Crippen LogP contribution in [0, 0.1) is 0 Å². The van der Waals surface area contributed by atoms with Gasteiger partial charge >= 0.3 is 0 Å². The molecule has 0 fully saturated rings. The summed E-state index contributed by atoms with van der Waals surface area (Å²) >= 11 is 3.39. The van der Waals surface area contributed by atoms with Crippen LogP contribution in [-0.2, 0) is 0 Å². The Morgan fingerprint density at radius 2 is 2.25 bits per heavy atom. The number of aromatic nitrogens is 2. The van der Waals surface area contributed by atoms with E-state index in [0.29, 0.717) is 12.5 Å². The molecule has 2 N–H and O–H groups in total. The molecule has 2 heterocycles. The summed E-state index contributed by atoms with van der Waals surface area (Å²) in [6.07, 6.45) is 3.40. The molecule has 0 aliphatic rings. The second-order valence-corrected chi connectivity index (χ2v) is 5.37. The minimum atomic E-state index is 0.121. The Hall–Kier alpha value is -1.60. The Labute approximate surface area is 126 Å². The molecule has 6 nitrogen and oxygen atoms in total. The first-order valence-corrected chi connectivity index (χ1v) is 7.05. The molecule has 1 atom stereocenters. The first-order valence-electron chi connectivity index (χ1n) is 6.25. The van der Waals surface area contributed by atoms with E-state index in [1.165, 1.54) is 0 Å². The van der Waals surface area contributed by atoms with Gasteiger partial charge < -0.3 is 15.1 Å². The Bertz CT molecular complexity index is 544. The lowest BCUT2D eigenvalue weighted by Crippen LogP contribution is -2.27. The van der Waals surface area contributed by atoms with Crippen molar-refractivity contribution in [1.29, 1.82) is 0 Å². The van der Waals surface area contributed by atoms with E-state index in [1.807, 2.05) is 33.3 Å². The Balaban J connectivity index is 2.06. The summed E-state index contributed by atoms with van der Waals surface area (Å²) < 4.78 is 6.30. The maximum Gasteiger partial charge on any atom is 0.224 e. The first kappa shape index (κ1) is 14.8. The molecule has 2 aromatic heterocycles. The predicted octanol–water partition coefficient (Wildman–Crippen LogP) is 2.59. The van der Waals surface area contributed by atoms with Gasteiger partial charge in [0.05, 0.1) is 16.8 Å². The van der Waals surface area contributed by atoms with Gasteiger partial charge in [0.25, 0.3) is 0 Å². The summed E-state index contributed by atoms with van der Waals surface area (Å²) in [5.74, 6) is 2.24. The Morgan fingerprint density at radius 3 is 2.85 bits per heavy atom. The van der Waals surface area contributed by atoms with E-state index >= 15 is 0 Å². The van der Waals surface area contributed by atoms with Crippen LogP contribution in [0.5, 0.6) is 0 Å². The quantitative estimate of drug-likeness (QED) is 0.843. The summed E-state index contributed by atoms with van der Waals surface area (Å²) in [5.41, 5.74) is 0. The third kappa shape index (κ3) is 3.49. The van der Waals surface area contributed by atoms with E-state index in [-0.39, 0.29) is 6.04 Å². The molecule has 0 saturated heterocycles. The molecule has 2 rings (SSSR count). The minimum Gasteiger partial charge on any atom is -0.468 e. The monoisotopic (exact) mass is 339 g/mol. The molecule has 0 aromatic carbocycles. The second kappa shape index (κ2) is 6.71. The number of halogens is 1. The molecule has 2 aromatic rings. The third-order valence-corrected chi connectivity index (χ3v) is 3.51. The van der Waals surface area contributed by atoms with E-state index in [2.05, 4.69) is 41.4 Å². The number of hydrogen-bond donors (Lipinski definition) is 2. The fraction of sp³-hybridized carbons (Fsp3) is 0.385. The number of furan rings is 1. The second-order valence-electron chi connectivity index (χ2n) is 4.52. The summed E-state index contributed by atoms with van der Waals surface area (Å²) in [4.78, 5) is 10.7. The van der Waals surface area contributed by atoms with Crippen molar-refractivity contribution < 1.29 is 4.42 Å². The Kier molecular flexibility index (Phi) is 4.97. The van der Waals surface area contributed by atoms with Crippen molar-refractivity contribution in [3.8, 4) is 0 Å². The average Bonchev–Trinajstić information content (AvgIpc) is 2.94. The highest BCUT2D eigenvalue weighted by Crippen LogP contribution is 2.21. The van der Waals surface area contributed by atoms with Gasteiger partial charge in [-0.15, -0.1) is 0 Å². The summed E-state index contributed by atoms with van der Waals surface area (Å²) in [5, 5.41) is 6.24. The molecule has 0 spiro atoms. The zero-order valence-corrected chi connectivity index (χ0v) is 13.3. The lowest BCUT2D eigenvalue weighted by Gasteiger charge is -2.22. The van der Waals surface area contributed by atoms with Gasteiger partial charge in [-0.05, 0) is 42.2 Å². The summed E-state index contributed by atoms with van der Waals surface area (Å²) in [6.45, 7) is 0.658. The fourth-order valence-electron chi connectivity index (χ4n) is 1.83. The van der Waals surface area contributed by atoms with Crippen LogP contribution in [-0.4, -0.2) is 42.6 Å². The van der Waals surface area contributed by atoms with Crippen molar-refractivity contribution in [3.05, 3.63) is 34.8 Å². The van der Waals surface area contributed by atoms with Gasteiger partial charge in [0.15, 0.2) is 0 Å². The highest BCUT2D eigenvalue weighted by atomic mass is 79.9. The molecule has 0 bridgehead atoms. The average molecular weight is 340 g/mol. The highest BCUT2D eigenvalue weighted by Gasteiger charge is 2.17. The van der Waals surface area contributed by atoms with Crippen LogP contribution in [0.2, 0.25) is 0 Å². The molecule has 1 unspecified atom stereocenters. The SMILES string of the molecule is CNc1nc(NCC(c2ccco2)N(C)C)ncc1Br. The number of nitrogens with one attached hydrogen (secondary N) is 2. The maximum atomic E-state index is 5.47. The number of likely N-dealkylation sites (N-methyl/N-ethyl adjacent to an activating group) is 1. The number of hydrogen-bond acceptors (Lipinski definition) is 6. The fourth-order valence-corrected chi connectivity index (χ4v) is 2.22. The van der Waals surface area contributed by atoms with Gasteiger partial charge in [-0.3, -0.25) is 4.90 Å². The van der Waals surface area contributed by atoms with Crippen molar-refractivity contribution in [2.75, 3.05) is 38.3 Å². The molecular weight excluding hydrogens is 322 g/mol. The van der Waals surface area contributed by atoms with Crippen LogP contribution in [0.1, 0.15) is 11.8 Å². The summed E-state index contributed by atoms with van der Waals surface area (Å²) in [7, 11) is 5.84. The minimum absolute atomic E-state index is 0.121. The number of nitrogens with zero attached hydrogens (tertiary/aromatic N) is 3. The van der Waals surface area contributed by atoms with E-state index in [4.69, 9.17) is 4.42 Å². The highest BCUT2D eigenvalue weighted by molar-refractivity contribution is 9.10. The van der Waals surface area contributed by atoms with Gasteiger partial charge in [0.1, 0.15) is 11.6 Å². The molecular formula is C13H18BrN5O. The van der Waals surface area contributed by atoms with Gasteiger partial charge in [-0.2, -0.15) is 4.98 Å². The zero-order valence-electron chi connectivity index (χ0n) is 11.7. The molecule has 0 aliphatic heterocycles. The van der Waals surface area contributed by atoms with Crippen molar-refractivity contribution in [2.45, 2.75) is 6.04 Å². The number of rotatable bonds is 6. The lowest BCUT2D eigenvalue weighted by molar-refractivity contribution is 0.269. The molecule has 0 saturated carbocycles. The standard InChI is InChI=1S/C13H18BrN5O/c1-15-12-9(14)7-16-13(18-12)17-8-10(19(2)3)11-5-4-6-20-11/h4-7,10H,8H2,1-3H3,(H2,15,16,17,18). The van der Waals surface area contributed by atoms with Gasteiger partial charge in [-0.25, -0.2) is 4.98 Å². The first-order chi connectivity index (χ1) is 9.61. The molecule has 0 radical (unpaired) electrons. The topological polar surface area (TPSA) is 66.2 Å². The van der Waals surface area contributed by atoms with Gasteiger partial charge in [0, 0.05) is 19.8 Å². The van der Waals surface area contributed by atoms with Gasteiger partial charge in [0.2, 0.25) is 5.95 Å². The van der Waals surface area contributed by atoms with E-state index in [9.17, 15) is 0 Å². The third-order valence-electron chi connectivity index (χ3n) is 2.93. The molecule has 7 heteroatoms. The Morgan fingerprint density at radius 1 is 1.45 bits per heavy atom. The molecule has 0 amide bonds. The van der Waals surface area contributed by atoms with Crippen LogP contribution >= 0.6 is 15.9 Å². The van der Waals surface area contributed by atoms with Crippen LogP contribution in [0.4, 0.5) is 11.8 Å². The van der Waals surface area contributed by atoms with Crippen LogP contribution in [0.3, 0.4) is 0 Å². The van der Waals surface area contributed by atoms with Crippen LogP contribution < -0.4 is 10.6 Å². The zero-order chi connectivity index (χ0) is 14.5. The number of anilines is 2. The maximum absolute atomic E-state index is 5.47. The normalized spacial score (nSPS) is 12.4. The molecule has 108 valence electrons. The smallest absolute Gasteiger partial charge is 0.224 e. The van der Waals surface area contributed by atoms with Crippen molar-refractivity contribution >= 4 is 27.7 Å². The molecule has 0 aliphatic carbocycles. The van der Waals surface area contributed by atoms with Crippen molar-refractivity contribution in [1.82, 2.24) is 14.9 Å². The van der Waals surface area contributed by atoms with Gasteiger partial charge in [-0.1, -0.05) is 0 Å². The van der Waals surface area contributed by atoms with E-state index < -0.39 is 0 Å². The lowest BCUT2D eigenvalue weighted by atomic mass is 10.2. The predicted molar refractivity (Wildman–Crippen MR) is 82.9 cm³/mol. The van der Waals surface area contributed by atoms with Crippen molar-refractivity contribution in [3.63, 3.8) is 0 Å². The summed E-state index contributed by atoms with van der Waals surface area (Å²) in [6, 6.07) is 3.98. The van der Waals surface area contributed by atoms with Crippen LogP contribution in [0.15, 0.2) is 33.5 Å². The van der Waals surface area contributed by atoms with E-state index in [1.54, 1.807) is 12.5 Å². The van der Waals surface area contributed by atoms with E-state index in [0.717, 1.165) is 16.1 Å². The largest absolute Gasteiger partial charge is 0.468 e. The van der Waals surface area contributed by atoms with Crippen LogP contribution in [0.25, 0.3) is 0 Å². The molecule has 20 heavy (non-hydrogen) atoms.